The summed E-state index contributed by atoms with van der Waals surface area (Å²) in [5, 5.41) is 3.72. The first-order valence-electron chi connectivity index (χ1n) is 8.96. The fourth-order valence-corrected chi connectivity index (χ4v) is 3.71. The van der Waals surface area contributed by atoms with Gasteiger partial charge in [-0.05, 0) is 49.2 Å². The van der Waals surface area contributed by atoms with Crippen molar-refractivity contribution in [2.75, 3.05) is 19.6 Å². The number of piperidine rings is 1. The van der Waals surface area contributed by atoms with Crippen molar-refractivity contribution in [3.8, 4) is 5.75 Å². The Morgan fingerprint density at radius 2 is 2.00 bits per heavy atom. The van der Waals surface area contributed by atoms with E-state index in [0.717, 1.165) is 38.3 Å². The van der Waals surface area contributed by atoms with E-state index in [-0.39, 0.29) is 6.10 Å². The minimum atomic E-state index is 0.288. The quantitative estimate of drug-likeness (QED) is 0.918. The molecule has 1 N–H and O–H groups in total. The highest BCUT2D eigenvalue weighted by molar-refractivity contribution is 5.37. The molecule has 4 nitrogen and oxygen atoms in total. The SMILES string of the molecule is c1cncc(CN2CCC(NCC3Cc4ccccc4O3)CC2)c1. The van der Waals surface area contributed by atoms with E-state index < -0.39 is 0 Å². The molecule has 1 saturated heterocycles. The second kappa shape index (κ2) is 7.32. The zero-order valence-electron chi connectivity index (χ0n) is 14.0. The van der Waals surface area contributed by atoms with Crippen molar-refractivity contribution >= 4 is 0 Å². The maximum absolute atomic E-state index is 6.02. The van der Waals surface area contributed by atoms with Crippen LogP contribution < -0.4 is 10.1 Å². The number of hydrogen-bond donors (Lipinski definition) is 1. The van der Waals surface area contributed by atoms with Crippen molar-refractivity contribution in [3.05, 3.63) is 59.9 Å². The average Bonchev–Trinajstić information content (AvgIpc) is 3.05. The predicted octanol–water partition coefficient (Wildman–Crippen LogP) is 2.64. The van der Waals surface area contributed by atoms with Gasteiger partial charge in [0.15, 0.2) is 0 Å². The van der Waals surface area contributed by atoms with Crippen LogP contribution in [0.4, 0.5) is 0 Å². The van der Waals surface area contributed by atoms with Gasteiger partial charge in [-0.25, -0.2) is 0 Å². The predicted molar refractivity (Wildman–Crippen MR) is 95.1 cm³/mol. The lowest BCUT2D eigenvalue weighted by atomic mass is 10.0. The van der Waals surface area contributed by atoms with Gasteiger partial charge in [0.2, 0.25) is 0 Å². The Balaban J connectivity index is 1.19. The molecule has 4 rings (SSSR count). The van der Waals surface area contributed by atoms with Crippen molar-refractivity contribution in [1.29, 1.82) is 0 Å². The van der Waals surface area contributed by atoms with Crippen LogP contribution in [0.15, 0.2) is 48.8 Å². The molecular formula is C20H25N3O. The molecule has 0 amide bonds. The number of rotatable bonds is 5. The molecule has 2 aliphatic rings. The molecule has 126 valence electrons. The number of para-hydroxylation sites is 1. The highest BCUT2D eigenvalue weighted by Crippen LogP contribution is 2.28. The van der Waals surface area contributed by atoms with Crippen molar-refractivity contribution in [2.45, 2.75) is 38.0 Å². The summed E-state index contributed by atoms with van der Waals surface area (Å²) in [6.07, 6.45) is 7.54. The Kier molecular flexibility index (Phi) is 4.76. The van der Waals surface area contributed by atoms with Crippen molar-refractivity contribution in [2.24, 2.45) is 0 Å². The average molecular weight is 323 g/mol. The summed E-state index contributed by atoms with van der Waals surface area (Å²) in [4.78, 5) is 6.73. The Morgan fingerprint density at radius 3 is 2.79 bits per heavy atom. The van der Waals surface area contributed by atoms with Crippen molar-refractivity contribution in [1.82, 2.24) is 15.2 Å². The second-order valence-corrected chi connectivity index (χ2v) is 6.87. The fourth-order valence-electron chi connectivity index (χ4n) is 3.71. The maximum Gasteiger partial charge on any atom is 0.123 e. The number of nitrogens with one attached hydrogen (secondary N) is 1. The molecular weight excluding hydrogens is 298 g/mol. The fraction of sp³-hybridized carbons (Fsp3) is 0.450. The molecule has 4 heteroatoms. The van der Waals surface area contributed by atoms with Gasteiger partial charge in [-0.15, -0.1) is 0 Å². The molecule has 2 aromatic rings. The molecule has 1 aromatic heterocycles. The van der Waals surface area contributed by atoms with E-state index in [4.69, 9.17) is 4.74 Å². The zero-order valence-corrected chi connectivity index (χ0v) is 14.0. The van der Waals surface area contributed by atoms with E-state index in [2.05, 4.69) is 39.5 Å². The van der Waals surface area contributed by atoms with Gasteiger partial charge in [0.25, 0.3) is 0 Å². The summed E-state index contributed by atoms with van der Waals surface area (Å²) >= 11 is 0. The Hall–Kier alpha value is -1.91. The third-order valence-electron chi connectivity index (χ3n) is 5.06. The van der Waals surface area contributed by atoms with E-state index >= 15 is 0 Å². The number of nitrogens with zero attached hydrogens (tertiary/aromatic N) is 2. The number of fused-ring (bicyclic) bond motifs is 1. The van der Waals surface area contributed by atoms with Crippen LogP contribution in [0.25, 0.3) is 0 Å². The van der Waals surface area contributed by atoms with Gasteiger partial charge in [0.1, 0.15) is 11.9 Å². The van der Waals surface area contributed by atoms with Gasteiger partial charge in [-0.3, -0.25) is 9.88 Å². The first kappa shape index (κ1) is 15.6. The van der Waals surface area contributed by atoms with Gasteiger partial charge < -0.3 is 10.1 Å². The summed E-state index contributed by atoms with van der Waals surface area (Å²) in [6.45, 7) is 4.26. The second-order valence-electron chi connectivity index (χ2n) is 6.87. The van der Waals surface area contributed by atoms with Crippen LogP contribution in [0, 0.1) is 0 Å². The van der Waals surface area contributed by atoms with E-state index in [1.54, 1.807) is 0 Å². The Bertz CT molecular complexity index is 628. The van der Waals surface area contributed by atoms with Gasteiger partial charge in [-0.1, -0.05) is 24.3 Å². The van der Waals surface area contributed by atoms with Crippen LogP contribution in [-0.4, -0.2) is 41.7 Å². The minimum Gasteiger partial charge on any atom is -0.488 e. The van der Waals surface area contributed by atoms with Crippen molar-refractivity contribution in [3.63, 3.8) is 0 Å². The lowest BCUT2D eigenvalue weighted by Gasteiger charge is -2.32. The molecule has 0 saturated carbocycles. The zero-order chi connectivity index (χ0) is 16.2. The van der Waals surface area contributed by atoms with Gasteiger partial charge >= 0.3 is 0 Å². The monoisotopic (exact) mass is 323 g/mol. The third-order valence-corrected chi connectivity index (χ3v) is 5.06. The lowest BCUT2D eigenvalue weighted by molar-refractivity contribution is 0.172. The molecule has 24 heavy (non-hydrogen) atoms. The van der Waals surface area contributed by atoms with Crippen molar-refractivity contribution < 1.29 is 4.74 Å². The summed E-state index contributed by atoms with van der Waals surface area (Å²) in [5.41, 5.74) is 2.65. The first-order valence-corrected chi connectivity index (χ1v) is 8.96. The maximum atomic E-state index is 6.02. The van der Waals surface area contributed by atoms with Crippen LogP contribution in [-0.2, 0) is 13.0 Å². The van der Waals surface area contributed by atoms with Gasteiger partial charge in [0.05, 0.1) is 0 Å². The van der Waals surface area contributed by atoms with Gasteiger partial charge in [-0.2, -0.15) is 0 Å². The molecule has 0 radical (unpaired) electrons. The molecule has 1 fully saturated rings. The summed E-state index contributed by atoms with van der Waals surface area (Å²) in [6, 6.07) is 13.2. The summed E-state index contributed by atoms with van der Waals surface area (Å²) in [5.74, 6) is 1.07. The number of likely N-dealkylation sites (tertiary alicyclic amines) is 1. The molecule has 0 spiro atoms. The number of hydrogen-bond acceptors (Lipinski definition) is 4. The Morgan fingerprint density at radius 1 is 1.12 bits per heavy atom. The molecule has 1 aromatic carbocycles. The third kappa shape index (κ3) is 3.77. The molecule has 1 unspecified atom stereocenters. The van der Waals surface area contributed by atoms with Crippen LogP contribution in [0.2, 0.25) is 0 Å². The summed E-state index contributed by atoms with van der Waals surface area (Å²) < 4.78 is 6.02. The van der Waals surface area contributed by atoms with Crippen LogP contribution in [0.1, 0.15) is 24.0 Å². The molecule has 2 aliphatic heterocycles. The minimum absolute atomic E-state index is 0.288. The first-order chi connectivity index (χ1) is 11.9. The molecule has 3 heterocycles. The van der Waals surface area contributed by atoms with E-state index in [0.29, 0.717) is 6.04 Å². The normalized spacial score (nSPS) is 21.4. The van der Waals surface area contributed by atoms with Crippen LogP contribution in [0.3, 0.4) is 0 Å². The topological polar surface area (TPSA) is 37.4 Å². The largest absolute Gasteiger partial charge is 0.488 e. The highest BCUT2D eigenvalue weighted by atomic mass is 16.5. The van der Waals surface area contributed by atoms with Crippen LogP contribution in [0.5, 0.6) is 5.75 Å². The molecule has 0 aliphatic carbocycles. The van der Waals surface area contributed by atoms with Gasteiger partial charge in [0, 0.05) is 37.9 Å². The smallest absolute Gasteiger partial charge is 0.123 e. The molecule has 0 bridgehead atoms. The van der Waals surface area contributed by atoms with E-state index in [9.17, 15) is 0 Å². The number of ether oxygens (including phenoxy) is 1. The number of pyridine rings is 1. The van der Waals surface area contributed by atoms with E-state index in [1.807, 2.05) is 24.5 Å². The van der Waals surface area contributed by atoms with Crippen LogP contribution >= 0.6 is 0 Å². The number of aromatic nitrogens is 1. The highest BCUT2D eigenvalue weighted by Gasteiger charge is 2.24. The lowest BCUT2D eigenvalue weighted by Crippen LogP contribution is -2.45. The van der Waals surface area contributed by atoms with E-state index in [1.165, 1.54) is 24.0 Å². The Labute approximate surface area is 143 Å². The number of benzene rings is 1. The summed E-state index contributed by atoms with van der Waals surface area (Å²) in [7, 11) is 0. The molecule has 1 atom stereocenters. The standard InChI is InChI=1S/C20H25N3O/c1-2-6-20-17(5-1)12-19(24-20)14-22-18-7-10-23(11-8-18)15-16-4-3-9-21-13-16/h1-6,9,13,18-19,22H,7-8,10-12,14-15H2.